The summed E-state index contributed by atoms with van der Waals surface area (Å²) in [5, 5.41) is 0. The largest absolute Gasteiger partial charge is 0.458 e. The molecule has 0 saturated carbocycles. The predicted molar refractivity (Wildman–Crippen MR) is 73.9 cm³/mol. The molecule has 3 heterocycles. The molecule has 1 aliphatic rings. The number of furan rings is 1. The van der Waals surface area contributed by atoms with E-state index < -0.39 is 0 Å². The van der Waals surface area contributed by atoms with Gasteiger partial charge in [-0.1, -0.05) is 6.07 Å². The van der Waals surface area contributed by atoms with Crippen molar-refractivity contribution in [3.63, 3.8) is 0 Å². The van der Waals surface area contributed by atoms with Gasteiger partial charge in [-0.25, -0.2) is 0 Å². The van der Waals surface area contributed by atoms with Crippen molar-refractivity contribution in [3.05, 3.63) is 48.0 Å². The van der Waals surface area contributed by atoms with Crippen LogP contribution in [0.25, 0.3) is 22.4 Å². The van der Waals surface area contributed by atoms with E-state index in [1.807, 2.05) is 36.7 Å². The standard InChI is InChI=1S/C16H14N2O/c1-2-7-14-12(5-1)15-16(19-14)11(8-10-18-15)13-6-3-4-9-17-13/h3-4,6,8-10H,1-2,5,7H2. The first kappa shape index (κ1) is 10.7. The van der Waals surface area contributed by atoms with Gasteiger partial charge in [0.05, 0.1) is 5.69 Å². The molecule has 0 aliphatic heterocycles. The number of aromatic nitrogens is 2. The lowest BCUT2D eigenvalue weighted by molar-refractivity contribution is 0.506. The van der Waals surface area contributed by atoms with Gasteiger partial charge in [0.2, 0.25) is 0 Å². The Kier molecular flexibility index (Phi) is 2.37. The highest BCUT2D eigenvalue weighted by Gasteiger charge is 2.20. The van der Waals surface area contributed by atoms with Gasteiger partial charge in [-0.3, -0.25) is 9.97 Å². The van der Waals surface area contributed by atoms with Crippen molar-refractivity contribution >= 4 is 11.1 Å². The van der Waals surface area contributed by atoms with Crippen molar-refractivity contribution in [3.8, 4) is 11.3 Å². The lowest BCUT2D eigenvalue weighted by Gasteiger charge is -2.07. The number of fused-ring (bicyclic) bond motifs is 3. The molecule has 0 atom stereocenters. The first-order chi connectivity index (χ1) is 9.43. The molecule has 0 fully saturated rings. The van der Waals surface area contributed by atoms with Crippen LogP contribution in [0.2, 0.25) is 0 Å². The third-order valence-corrected chi connectivity index (χ3v) is 3.77. The van der Waals surface area contributed by atoms with Crippen LogP contribution in [0, 0.1) is 0 Å². The van der Waals surface area contributed by atoms with Gasteiger partial charge < -0.3 is 4.42 Å². The lowest BCUT2D eigenvalue weighted by atomic mass is 9.97. The second-order valence-corrected chi connectivity index (χ2v) is 4.96. The van der Waals surface area contributed by atoms with Gasteiger partial charge in [0.1, 0.15) is 11.3 Å². The molecule has 3 aromatic rings. The molecule has 0 saturated heterocycles. The third-order valence-electron chi connectivity index (χ3n) is 3.77. The molecule has 3 aromatic heterocycles. The Hall–Kier alpha value is -2.16. The van der Waals surface area contributed by atoms with E-state index in [4.69, 9.17) is 4.42 Å². The minimum Gasteiger partial charge on any atom is -0.458 e. The number of aryl methyl sites for hydroxylation is 2. The van der Waals surface area contributed by atoms with E-state index in [1.165, 1.54) is 18.4 Å². The maximum atomic E-state index is 6.07. The molecule has 0 bridgehead atoms. The molecule has 3 heteroatoms. The van der Waals surface area contributed by atoms with Gasteiger partial charge in [-0.2, -0.15) is 0 Å². The second kappa shape index (κ2) is 4.19. The van der Waals surface area contributed by atoms with Crippen LogP contribution in [0.3, 0.4) is 0 Å². The van der Waals surface area contributed by atoms with E-state index in [1.54, 1.807) is 0 Å². The predicted octanol–water partition coefficient (Wildman–Crippen LogP) is 3.77. The number of rotatable bonds is 1. The van der Waals surface area contributed by atoms with E-state index in [2.05, 4.69) is 9.97 Å². The Morgan fingerprint density at radius 3 is 2.79 bits per heavy atom. The van der Waals surface area contributed by atoms with Crippen LogP contribution in [0.4, 0.5) is 0 Å². The lowest BCUT2D eigenvalue weighted by Crippen LogP contribution is -1.98. The highest BCUT2D eigenvalue weighted by Crippen LogP contribution is 2.35. The van der Waals surface area contributed by atoms with E-state index in [0.29, 0.717) is 0 Å². The van der Waals surface area contributed by atoms with Gasteiger partial charge in [0, 0.05) is 29.9 Å². The van der Waals surface area contributed by atoms with Crippen molar-refractivity contribution in [1.29, 1.82) is 0 Å². The molecule has 0 N–H and O–H groups in total. The number of nitrogens with zero attached hydrogens (tertiary/aromatic N) is 2. The van der Waals surface area contributed by atoms with Crippen LogP contribution in [0.15, 0.2) is 41.1 Å². The summed E-state index contributed by atoms with van der Waals surface area (Å²) in [6.45, 7) is 0. The fraction of sp³-hybridized carbons (Fsp3) is 0.250. The van der Waals surface area contributed by atoms with Crippen LogP contribution in [-0.2, 0) is 12.8 Å². The summed E-state index contributed by atoms with van der Waals surface area (Å²) in [7, 11) is 0. The average Bonchev–Trinajstić information content (AvgIpc) is 2.87. The summed E-state index contributed by atoms with van der Waals surface area (Å²) in [6, 6.07) is 7.92. The fourth-order valence-electron chi connectivity index (χ4n) is 2.85. The van der Waals surface area contributed by atoms with E-state index in [9.17, 15) is 0 Å². The maximum absolute atomic E-state index is 6.07. The Bertz CT molecular complexity index is 731. The van der Waals surface area contributed by atoms with E-state index >= 15 is 0 Å². The number of hydrogen-bond acceptors (Lipinski definition) is 3. The van der Waals surface area contributed by atoms with Crippen molar-refractivity contribution < 1.29 is 4.42 Å². The molecular weight excluding hydrogens is 236 g/mol. The van der Waals surface area contributed by atoms with Crippen molar-refractivity contribution in [2.75, 3.05) is 0 Å². The Morgan fingerprint density at radius 2 is 1.89 bits per heavy atom. The minimum atomic E-state index is 0.896. The minimum absolute atomic E-state index is 0.896. The Morgan fingerprint density at radius 1 is 0.947 bits per heavy atom. The number of hydrogen-bond donors (Lipinski definition) is 0. The van der Waals surface area contributed by atoms with Crippen LogP contribution in [0.1, 0.15) is 24.2 Å². The molecule has 19 heavy (non-hydrogen) atoms. The second-order valence-electron chi connectivity index (χ2n) is 4.96. The molecule has 3 nitrogen and oxygen atoms in total. The molecule has 0 aromatic carbocycles. The summed E-state index contributed by atoms with van der Waals surface area (Å²) < 4.78 is 6.07. The highest BCUT2D eigenvalue weighted by atomic mass is 16.3. The summed E-state index contributed by atoms with van der Waals surface area (Å²) in [4.78, 5) is 8.94. The average molecular weight is 250 g/mol. The van der Waals surface area contributed by atoms with Gasteiger partial charge in [0.15, 0.2) is 5.58 Å². The van der Waals surface area contributed by atoms with Crippen LogP contribution >= 0.6 is 0 Å². The summed E-state index contributed by atoms with van der Waals surface area (Å²) in [5.41, 5.74) is 5.21. The first-order valence-corrected chi connectivity index (χ1v) is 6.74. The monoisotopic (exact) mass is 250 g/mol. The number of pyridine rings is 2. The molecule has 0 amide bonds. The maximum Gasteiger partial charge on any atom is 0.162 e. The topological polar surface area (TPSA) is 38.9 Å². The first-order valence-electron chi connectivity index (χ1n) is 6.74. The Labute approximate surface area is 111 Å². The third kappa shape index (κ3) is 1.65. The molecule has 0 spiro atoms. The van der Waals surface area contributed by atoms with Gasteiger partial charge in [-0.05, 0) is 37.5 Å². The van der Waals surface area contributed by atoms with Gasteiger partial charge >= 0.3 is 0 Å². The summed E-state index contributed by atoms with van der Waals surface area (Å²) in [5.74, 6) is 1.12. The summed E-state index contributed by atoms with van der Waals surface area (Å²) >= 11 is 0. The van der Waals surface area contributed by atoms with Crippen LogP contribution < -0.4 is 0 Å². The van der Waals surface area contributed by atoms with Gasteiger partial charge in [0.25, 0.3) is 0 Å². The van der Waals surface area contributed by atoms with Crippen molar-refractivity contribution in [2.45, 2.75) is 25.7 Å². The zero-order valence-electron chi connectivity index (χ0n) is 10.6. The SMILES string of the molecule is c1ccc(-c2ccnc3c4c(oc23)CCCC4)nc1. The van der Waals surface area contributed by atoms with E-state index in [0.717, 1.165) is 41.0 Å². The van der Waals surface area contributed by atoms with E-state index in [-0.39, 0.29) is 0 Å². The van der Waals surface area contributed by atoms with Crippen LogP contribution in [0.5, 0.6) is 0 Å². The highest BCUT2D eigenvalue weighted by molar-refractivity contribution is 5.91. The molecule has 0 unspecified atom stereocenters. The summed E-state index contributed by atoms with van der Waals surface area (Å²) in [6.07, 6.45) is 8.23. The molecular formula is C16H14N2O. The zero-order valence-corrected chi connectivity index (χ0v) is 10.6. The molecule has 0 radical (unpaired) electrons. The fourth-order valence-corrected chi connectivity index (χ4v) is 2.85. The van der Waals surface area contributed by atoms with Crippen LogP contribution in [-0.4, -0.2) is 9.97 Å². The zero-order chi connectivity index (χ0) is 12.7. The smallest absolute Gasteiger partial charge is 0.162 e. The Balaban J connectivity index is 2.00. The quantitative estimate of drug-likeness (QED) is 0.660. The van der Waals surface area contributed by atoms with Crippen molar-refractivity contribution in [2.24, 2.45) is 0 Å². The van der Waals surface area contributed by atoms with Gasteiger partial charge in [-0.15, -0.1) is 0 Å². The van der Waals surface area contributed by atoms with Crippen molar-refractivity contribution in [1.82, 2.24) is 9.97 Å². The normalized spacial score (nSPS) is 14.5. The molecule has 94 valence electrons. The molecule has 1 aliphatic carbocycles. The molecule has 4 rings (SSSR count).